The van der Waals surface area contributed by atoms with Gasteiger partial charge in [0.2, 0.25) is 0 Å². The van der Waals surface area contributed by atoms with Crippen LogP contribution in [-0.2, 0) is 7.05 Å². The number of aliphatic hydroxyl groups is 1. The number of nitrogens with zero attached hydrogens (tertiary/aromatic N) is 3. The second-order valence-corrected chi connectivity index (χ2v) is 6.09. The van der Waals surface area contributed by atoms with Crippen LogP contribution in [0.3, 0.4) is 0 Å². The van der Waals surface area contributed by atoms with E-state index in [1.807, 2.05) is 46.8 Å². The lowest BCUT2D eigenvalue weighted by Gasteiger charge is -2.35. The molecule has 1 aromatic heterocycles. The summed E-state index contributed by atoms with van der Waals surface area (Å²) in [4.78, 5) is 16.9. The van der Waals surface area contributed by atoms with E-state index in [1.165, 1.54) is 0 Å². The number of fused-ring (bicyclic) bond motifs is 1. The smallest absolute Gasteiger partial charge is 0.270 e. The summed E-state index contributed by atoms with van der Waals surface area (Å²) < 4.78 is 1.97. The van der Waals surface area contributed by atoms with Crippen LogP contribution in [0.5, 0.6) is 0 Å². The van der Waals surface area contributed by atoms with Crippen molar-refractivity contribution in [3.05, 3.63) is 36.0 Å². The van der Waals surface area contributed by atoms with Crippen molar-refractivity contribution in [2.45, 2.75) is 13.0 Å². The molecule has 0 saturated carbocycles. The zero-order chi connectivity index (χ0) is 15.7. The van der Waals surface area contributed by atoms with Crippen molar-refractivity contribution in [3.63, 3.8) is 0 Å². The van der Waals surface area contributed by atoms with Crippen molar-refractivity contribution in [1.82, 2.24) is 14.4 Å². The van der Waals surface area contributed by atoms with Gasteiger partial charge in [-0.3, -0.25) is 9.69 Å². The molecule has 22 heavy (non-hydrogen) atoms. The van der Waals surface area contributed by atoms with Crippen molar-refractivity contribution in [1.29, 1.82) is 0 Å². The van der Waals surface area contributed by atoms with E-state index < -0.39 is 0 Å². The number of rotatable bonds is 3. The predicted molar refractivity (Wildman–Crippen MR) is 86.9 cm³/mol. The van der Waals surface area contributed by atoms with Gasteiger partial charge in [-0.15, -0.1) is 0 Å². The number of benzene rings is 1. The topological polar surface area (TPSA) is 48.7 Å². The fraction of sp³-hybridized carbons (Fsp3) is 0.471. The van der Waals surface area contributed by atoms with Crippen LogP contribution in [0.4, 0.5) is 0 Å². The number of para-hydroxylation sites is 1. The number of aromatic nitrogens is 1. The van der Waals surface area contributed by atoms with E-state index in [2.05, 4.69) is 4.90 Å². The number of aryl methyl sites for hydroxylation is 1. The molecule has 3 rings (SSSR count). The van der Waals surface area contributed by atoms with Crippen LogP contribution in [0, 0.1) is 0 Å². The predicted octanol–water partition coefficient (Wildman–Crippen LogP) is 1.32. The summed E-state index contributed by atoms with van der Waals surface area (Å²) in [6.45, 7) is 5.55. The zero-order valence-corrected chi connectivity index (χ0v) is 13.2. The fourth-order valence-electron chi connectivity index (χ4n) is 3.16. The molecule has 1 atom stereocenters. The van der Waals surface area contributed by atoms with Crippen molar-refractivity contribution >= 4 is 16.8 Å². The Morgan fingerprint density at radius 1 is 1.23 bits per heavy atom. The highest BCUT2D eigenvalue weighted by atomic mass is 16.3. The van der Waals surface area contributed by atoms with Crippen LogP contribution in [0.2, 0.25) is 0 Å². The molecule has 0 radical (unpaired) electrons. The maximum absolute atomic E-state index is 12.8. The third kappa shape index (κ3) is 2.87. The Morgan fingerprint density at radius 2 is 1.91 bits per heavy atom. The molecule has 1 N–H and O–H groups in total. The highest BCUT2D eigenvalue weighted by molar-refractivity contribution is 5.98. The van der Waals surface area contributed by atoms with Crippen LogP contribution in [-0.4, -0.2) is 64.2 Å². The van der Waals surface area contributed by atoms with Gasteiger partial charge in [-0.2, -0.15) is 0 Å². The lowest BCUT2D eigenvalue weighted by Crippen LogP contribution is -2.50. The largest absolute Gasteiger partial charge is 0.392 e. The number of amides is 1. The number of piperazine rings is 1. The minimum Gasteiger partial charge on any atom is -0.392 e. The van der Waals surface area contributed by atoms with Gasteiger partial charge in [0.1, 0.15) is 5.69 Å². The van der Waals surface area contributed by atoms with Crippen molar-refractivity contribution in [3.8, 4) is 0 Å². The minimum absolute atomic E-state index is 0.0930. The van der Waals surface area contributed by atoms with Gasteiger partial charge in [0.15, 0.2) is 0 Å². The van der Waals surface area contributed by atoms with E-state index in [9.17, 15) is 9.90 Å². The summed E-state index contributed by atoms with van der Waals surface area (Å²) in [5, 5.41) is 10.5. The summed E-state index contributed by atoms with van der Waals surface area (Å²) in [6.07, 6.45) is -0.319. The summed E-state index contributed by atoms with van der Waals surface area (Å²) in [5.74, 6) is 0.0930. The summed E-state index contributed by atoms with van der Waals surface area (Å²) >= 11 is 0. The second-order valence-electron chi connectivity index (χ2n) is 6.09. The molecule has 1 fully saturated rings. The Balaban J connectivity index is 1.73. The van der Waals surface area contributed by atoms with Crippen LogP contribution in [0.25, 0.3) is 10.9 Å². The summed E-state index contributed by atoms with van der Waals surface area (Å²) in [6, 6.07) is 10.0. The van der Waals surface area contributed by atoms with Crippen molar-refractivity contribution in [2.24, 2.45) is 7.05 Å². The molecule has 0 aliphatic carbocycles. The first-order valence-corrected chi connectivity index (χ1v) is 7.80. The minimum atomic E-state index is -0.319. The van der Waals surface area contributed by atoms with Crippen LogP contribution < -0.4 is 0 Å². The average Bonchev–Trinajstić information content (AvgIpc) is 2.84. The maximum Gasteiger partial charge on any atom is 0.270 e. The quantitative estimate of drug-likeness (QED) is 0.930. The molecular weight excluding hydrogens is 278 g/mol. The van der Waals surface area contributed by atoms with Gasteiger partial charge in [-0.25, -0.2) is 0 Å². The molecule has 1 unspecified atom stereocenters. The number of carbonyl (C=O) groups is 1. The second kappa shape index (κ2) is 6.10. The molecule has 0 bridgehead atoms. The molecule has 0 spiro atoms. The molecule has 5 nitrogen and oxygen atoms in total. The van der Waals surface area contributed by atoms with Gasteiger partial charge in [0.05, 0.1) is 6.10 Å². The molecule has 1 aliphatic rings. The third-order valence-corrected chi connectivity index (χ3v) is 4.35. The molecule has 2 aromatic rings. The molecule has 1 amide bonds. The number of carbonyl (C=O) groups excluding carboxylic acids is 1. The molecule has 1 aromatic carbocycles. The number of aliphatic hydroxyl groups excluding tert-OH is 1. The van der Waals surface area contributed by atoms with Gasteiger partial charge in [0.25, 0.3) is 5.91 Å². The van der Waals surface area contributed by atoms with Gasteiger partial charge >= 0.3 is 0 Å². The summed E-state index contributed by atoms with van der Waals surface area (Å²) in [5.41, 5.74) is 1.82. The highest BCUT2D eigenvalue weighted by Gasteiger charge is 2.24. The Hall–Kier alpha value is -1.85. The van der Waals surface area contributed by atoms with Crippen LogP contribution in [0.1, 0.15) is 17.4 Å². The van der Waals surface area contributed by atoms with Gasteiger partial charge < -0.3 is 14.6 Å². The summed E-state index contributed by atoms with van der Waals surface area (Å²) in [7, 11) is 1.94. The van der Waals surface area contributed by atoms with E-state index in [4.69, 9.17) is 0 Å². The van der Waals surface area contributed by atoms with Gasteiger partial charge in [-0.05, 0) is 19.1 Å². The normalized spacial score (nSPS) is 17.9. The average molecular weight is 301 g/mol. The Labute approximate surface area is 130 Å². The third-order valence-electron chi connectivity index (χ3n) is 4.35. The van der Waals surface area contributed by atoms with E-state index in [0.29, 0.717) is 19.6 Å². The molecule has 1 aliphatic heterocycles. The molecule has 2 heterocycles. The Morgan fingerprint density at radius 3 is 2.55 bits per heavy atom. The monoisotopic (exact) mass is 301 g/mol. The molecular formula is C17H23N3O2. The number of β-amino-alcohol motifs (C(OH)–C–C–N with tert-alkyl or cyclic N) is 1. The van der Waals surface area contributed by atoms with E-state index in [0.717, 1.165) is 29.7 Å². The van der Waals surface area contributed by atoms with Crippen LogP contribution >= 0.6 is 0 Å². The molecule has 5 heteroatoms. The highest BCUT2D eigenvalue weighted by Crippen LogP contribution is 2.20. The Kier molecular flexibility index (Phi) is 4.18. The number of hydrogen-bond donors (Lipinski definition) is 1. The van der Waals surface area contributed by atoms with Gasteiger partial charge in [0, 0.05) is 50.7 Å². The maximum atomic E-state index is 12.8. The lowest BCUT2D eigenvalue weighted by molar-refractivity contribution is 0.0546. The first-order valence-electron chi connectivity index (χ1n) is 7.80. The first kappa shape index (κ1) is 15.1. The lowest BCUT2D eigenvalue weighted by atomic mass is 10.2. The van der Waals surface area contributed by atoms with Crippen LogP contribution in [0.15, 0.2) is 30.3 Å². The first-order chi connectivity index (χ1) is 10.6. The Bertz CT molecular complexity index is 670. The standard InChI is InChI=1S/C17H23N3O2/c1-13(21)12-19-7-9-20(10-8-19)17(22)16-11-14-5-3-4-6-15(14)18(16)2/h3-6,11,13,21H,7-10,12H2,1-2H3. The van der Waals surface area contributed by atoms with Crippen molar-refractivity contribution < 1.29 is 9.90 Å². The molecule has 1 saturated heterocycles. The SMILES string of the molecule is CC(O)CN1CCN(C(=O)c2cc3ccccc3n2C)CC1. The zero-order valence-electron chi connectivity index (χ0n) is 13.2. The number of hydrogen-bond acceptors (Lipinski definition) is 3. The van der Waals surface area contributed by atoms with E-state index in [1.54, 1.807) is 6.92 Å². The molecule has 118 valence electrons. The van der Waals surface area contributed by atoms with Crippen molar-refractivity contribution in [2.75, 3.05) is 32.7 Å². The van der Waals surface area contributed by atoms with E-state index >= 15 is 0 Å². The van der Waals surface area contributed by atoms with Gasteiger partial charge in [-0.1, -0.05) is 18.2 Å². The fourth-order valence-corrected chi connectivity index (χ4v) is 3.16. The van der Waals surface area contributed by atoms with E-state index in [-0.39, 0.29) is 12.0 Å².